The van der Waals surface area contributed by atoms with E-state index in [9.17, 15) is 0 Å². The Morgan fingerprint density at radius 1 is 1.53 bits per heavy atom. The van der Waals surface area contributed by atoms with Crippen LogP contribution in [0.15, 0.2) is 18.5 Å². The van der Waals surface area contributed by atoms with Crippen molar-refractivity contribution in [2.45, 2.75) is 24.9 Å². The van der Waals surface area contributed by atoms with E-state index in [2.05, 4.69) is 27.1 Å². The molecule has 3 heterocycles. The second kappa shape index (κ2) is 4.09. The Hall–Kier alpha value is -1.46. The van der Waals surface area contributed by atoms with E-state index in [4.69, 9.17) is 5.73 Å². The Morgan fingerprint density at radius 2 is 2.41 bits per heavy atom. The first-order valence-electron chi connectivity index (χ1n) is 6.01. The normalized spacial score (nSPS) is 26.5. The van der Waals surface area contributed by atoms with Crippen molar-refractivity contribution in [1.82, 2.24) is 20.1 Å². The number of nitrogens with zero attached hydrogens (tertiary/aromatic N) is 3. The summed E-state index contributed by atoms with van der Waals surface area (Å²) in [6.07, 6.45) is 5.82. The molecule has 2 unspecified atom stereocenters. The van der Waals surface area contributed by atoms with Crippen molar-refractivity contribution >= 4 is 10.9 Å². The van der Waals surface area contributed by atoms with Crippen LogP contribution in [0.25, 0.3) is 10.9 Å². The van der Waals surface area contributed by atoms with Gasteiger partial charge in [-0.3, -0.25) is 15.0 Å². The van der Waals surface area contributed by atoms with Crippen LogP contribution in [0.2, 0.25) is 0 Å². The van der Waals surface area contributed by atoms with Crippen LogP contribution in [0, 0.1) is 0 Å². The molecule has 2 aromatic heterocycles. The van der Waals surface area contributed by atoms with Gasteiger partial charge in [-0.2, -0.15) is 5.10 Å². The average molecular weight is 231 g/mol. The zero-order valence-electron chi connectivity index (χ0n) is 9.93. The summed E-state index contributed by atoms with van der Waals surface area (Å²) in [6, 6.07) is 2.41. The first kappa shape index (κ1) is 10.7. The van der Waals surface area contributed by atoms with Gasteiger partial charge in [0.1, 0.15) is 5.52 Å². The molecule has 1 saturated heterocycles. The third-order valence-corrected chi connectivity index (χ3v) is 3.61. The highest BCUT2D eigenvalue weighted by Crippen LogP contribution is 2.31. The highest BCUT2D eigenvalue weighted by atomic mass is 15.2. The van der Waals surface area contributed by atoms with Crippen LogP contribution in [0.5, 0.6) is 0 Å². The van der Waals surface area contributed by atoms with E-state index >= 15 is 0 Å². The number of hydrogen-bond acceptors (Lipinski definition) is 4. The van der Waals surface area contributed by atoms with E-state index in [-0.39, 0.29) is 12.1 Å². The molecule has 0 radical (unpaired) electrons. The lowest BCUT2D eigenvalue weighted by Gasteiger charge is -2.36. The molecule has 0 aliphatic carbocycles. The summed E-state index contributed by atoms with van der Waals surface area (Å²) >= 11 is 0. The largest absolute Gasteiger partial charge is 0.326 e. The Morgan fingerprint density at radius 3 is 3.24 bits per heavy atom. The number of likely N-dealkylation sites (tertiary alicyclic amines) is 1. The van der Waals surface area contributed by atoms with Gasteiger partial charge in [-0.15, -0.1) is 0 Å². The van der Waals surface area contributed by atoms with Crippen LogP contribution in [-0.2, 0) is 0 Å². The van der Waals surface area contributed by atoms with Gasteiger partial charge in [0, 0.05) is 17.6 Å². The molecule has 5 heteroatoms. The van der Waals surface area contributed by atoms with E-state index in [0.717, 1.165) is 29.6 Å². The molecule has 1 fully saturated rings. The monoisotopic (exact) mass is 231 g/mol. The van der Waals surface area contributed by atoms with Gasteiger partial charge in [-0.05, 0) is 32.5 Å². The van der Waals surface area contributed by atoms with Crippen molar-refractivity contribution in [2.75, 3.05) is 13.6 Å². The van der Waals surface area contributed by atoms with E-state index in [1.807, 2.05) is 6.07 Å². The molecular formula is C12H17N5. The minimum atomic E-state index is 0.172. The standard InChI is InChI=1S/C12H17N5/c1-17-6-2-3-9(13)12(17)11-8-4-5-14-7-10(8)15-16-11/h4-5,7,9,12H,2-3,6,13H2,1H3,(H,15,16). The van der Waals surface area contributed by atoms with E-state index in [0.29, 0.717) is 0 Å². The van der Waals surface area contributed by atoms with Gasteiger partial charge in [0.15, 0.2) is 0 Å². The quantitative estimate of drug-likeness (QED) is 0.769. The number of aromatic amines is 1. The third-order valence-electron chi connectivity index (χ3n) is 3.61. The minimum absolute atomic E-state index is 0.172. The zero-order chi connectivity index (χ0) is 11.8. The van der Waals surface area contributed by atoms with Crippen LogP contribution >= 0.6 is 0 Å². The average Bonchev–Trinajstić information content (AvgIpc) is 2.73. The number of nitrogens with one attached hydrogen (secondary N) is 1. The number of rotatable bonds is 1. The van der Waals surface area contributed by atoms with Crippen LogP contribution < -0.4 is 5.73 Å². The summed E-state index contributed by atoms with van der Waals surface area (Å²) < 4.78 is 0. The van der Waals surface area contributed by atoms with Gasteiger partial charge in [0.2, 0.25) is 0 Å². The van der Waals surface area contributed by atoms with Gasteiger partial charge < -0.3 is 5.73 Å². The maximum atomic E-state index is 6.25. The van der Waals surface area contributed by atoms with Gasteiger partial charge in [0.05, 0.1) is 17.9 Å². The SMILES string of the molecule is CN1CCCC(N)C1c1[nH]nc2cnccc12. The van der Waals surface area contributed by atoms with Crippen molar-refractivity contribution in [3.8, 4) is 0 Å². The molecule has 90 valence electrons. The first-order valence-corrected chi connectivity index (χ1v) is 6.01. The van der Waals surface area contributed by atoms with Crippen molar-refractivity contribution in [3.63, 3.8) is 0 Å². The fourth-order valence-electron chi connectivity index (χ4n) is 2.74. The molecule has 1 aliphatic heterocycles. The third kappa shape index (κ3) is 1.71. The Kier molecular flexibility index (Phi) is 2.57. The smallest absolute Gasteiger partial charge is 0.111 e. The summed E-state index contributed by atoms with van der Waals surface area (Å²) in [6.45, 7) is 1.09. The van der Waals surface area contributed by atoms with Gasteiger partial charge in [-0.1, -0.05) is 0 Å². The highest BCUT2D eigenvalue weighted by Gasteiger charge is 2.30. The molecule has 0 spiro atoms. The molecule has 2 aromatic rings. The lowest BCUT2D eigenvalue weighted by molar-refractivity contribution is 0.160. The molecule has 5 nitrogen and oxygen atoms in total. The summed E-state index contributed by atoms with van der Waals surface area (Å²) in [5.74, 6) is 0. The van der Waals surface area contributed by atoms with Crippen molar-refractivity contribution in [2.24, 2.45) is 5.73 Å². The Labute approximate surface area is 100 Å². The fraction of sp³-hybridized carbons (Fsp3) is 0.500. The van der Waals surface area contributed by atoms with Gasteiger partial charge in [-0.25, -0.2) is 0 Å². The second-order valence-electron chi connectivity index (χ2n) is 4.76. The zero-order valence-corrected chi connectivity index (χ0v) is 9.93. The Balaban J connectivity index is 2.07. The number of aromatic nitrogens is 3. The maximum absolute atomic E-state index is 6.25. The van der Waals surface area contributed by atoms with Crippen molar-refractivity contribution < 1.29 is 0 Å². The first-order chi connectivity index (χ1) is 8.27. The van der Waals surface area contributed by atoms with E-state index in [1.54, 1.807) is 12.4 Å². The topological polar surface area (TPSA) is 70.8 Å². The molecule has 0 aromatic carbocycles. The number of piperidine rings is 1. The number of nitrogens with two attached hydrogens (primary N) is 1. The number of likely N-dealkylation sites (N-methyl/N-ethyl adjacent to an activating group) is 1. The summed E-state index contributed by atoms with van der Waals surface area (Å²) in [5, 5.41) is 8.56. The predicted molar refractivity (Wildman–Crippen MR) is 66.5 cm³/mol. The summed E-state index contributed by atoms with van der Waals surface area (Å²) in [4.78, 5) is 6.39. The number of fused-ring (bicyclic) bond motifs is 1. The molecule has 3 rings (SSSR count). The lowest BCUT2D eigenvalue weighted by atomic mass is 9.93. The number of pyridine rings is 1. The molecule has 0 bridgehead atoms. The fourth-order valence-corrected chi connectivity index (χ4v) is 2.74. The number of H-pyrrole nitrogens is 1. The van der Waals surface area contributed by atoms with Crippen molar-refractivity contribution in [3.05, 3.63) is 24.2 Å². The summed E-state index contributed by atoms with van der Waals surface area (Å²) in [7, 11) is 2.12. The minimum Gasteiger partial charge on any atom is -0.326 e. The molecule has 3 N–H and O–H groups in total. The summed E-state index contributed by atoms with van der Waals surface area (Å²) in [5.41, 5.74) is 8.28. The number of hydrogen-bond donors (Lipinski definition) is 2. The molecule has 1 aliphatic rings. The Bertz CT molecular complexity index is 510. The van der Waals surface area contributed by atoms with Crippen LogP contribution in [-0.4, -0.2) is 39.7 Å². The predicted octanol–water partition coefficient (Wildman–Crippen LogP) is 1.05. The van der Waals surface area contributed by atoms with Crippen molar-refractivity contribution in [1.29, 1.82) is 0 Å². The van der Waals surface area contributed by atoms with Gasteiger partial charge >= 0.3 is 0 Å². The maximum Gasteiger partial charge on any atom is 0.111 e. The van der Waals surface area contributed by atoms with E-state index in [1.165, 1.54) is 6.42 Å². The van der Waals surface area contributed by atoms with Crippen LogP contribution in [0.4, 0.5) is 0 Å². The van der Waals surface area contributed by atoms with Crippen LogP contribution in [0.3, 0.4) is 0 Å². The molecule has 0 amide bonds. The molecule has 17 heavy (non-hydrogen) atoms. The van der Waals surface area contributed by atoms with Gasteiger partial charge in [0.25, 0.3) is 0 Å². The second-order valence-corrected chi connectivity index (χ2v) is 4.76. The molecule has 0 saturated carbocycles. The van der Waals surface area contributed by atoms with Crippen LogP contribution in [0.1, 0.15) is 24.6 Å². The lowest BCUT2D eigenvalue weighted by Crippen LogP contribution is -2.44. The molecule has 2 atom stereocenters. The molecular weight excluding hydrogens is 214 g/mol. The van der Waals surface area contributed by atoms with E-state index < -0.39 is 0 Å². The highest BCUT2D eigenvalue weighted by molar-refractivity contribution is 5.80.